The molecule has 0 bridgehead atoms. The first-order chi connectivity index (χ1) is 18.9. The van der Waals surface area contributed by atoms with Gasteiger partial charge in [0, 0.05) is 0 Å². The third-order valence-electron chi connectivity index (χ3n) is 5.64. The van der Waals surface area contributed by atoms with Gasteiger partial charge in [0.25, 0.3) is 0 Å². The van der Waals surface area contributed by atoms with Crippen LogP contribution in [0.1, 0.15) is 83.1 Å². The Kier molecular flexibility index (Phi) is 11.5. The summed E-state index contributed by atoms with van der Waals surface area (Å²) < 4.78 is 96.1. The van der Waals surface area contributed by atoms with Gasteiger partial charge in [-0.15, -0.1) is 0 Å². The molecule has 16 heteroatoms. The van der Waals surface area contributed by atoms with Gasteiger partial charge in [0.2, 0.25) is 12.4 Å². The van der Waals surface area contributed by atoms with Crippen LogP contribution < -0.4 is 0 Å². The van der Waals surface area contributed by atoms with E-state index < -0.39 is 98.5 Å². The van der Waals surface area contributed by atoms with Gasteiger partial charge < -0.3 is 23.7 Å². The van der Waals surface area contributed by atoms with Crippen LogP contribution in [0.2, 0.25) is 0 Å². The smallest absolute Gasteiger partial charge is 0.462 e. The van der Waals surface area contributed by atoms with E-state index in [1.165, 1.54) is 83.1 Å². The molecule has 0 saturated carbocycles. The molecule has 1 aliphatic heterocycles. The molecule has 12 nitrogen and oxygen atoms in total. The van der Waals surface area contributed by atoms with Crippen molar-refractivity contribution in [2.45, 2.75) is 119 Å². The molecule has 0 unspecified atom stereocenters. The Labute approximate surface area is 250 Å². The van der Waals surface area contributed by atoms with E-state index in [0.29, 0.717) is 0 Å². The van der Waals surface area contributed by atoms with E-state index in [-0.39, 0.29) is 0 Å². The first-order valence-corrected chi connectivity index (χ1v) is 14.8. The van der Waals surface area contributed by atoms with Gasteiger partial charge in [-0.2, -0.15) is 21.6 Å². The highest BCUT2D eigenvalue weighted by Gasteiger charge is 2.59. The second-order valence-electron chi connectivity index (χ2n) is 14.2. The molecule has 1 heterocycles. The topological polar surface area (TPSA) is 158 Å². The maximum absolute atomic E-state index is 13.4. The van der Waals surface area contributed by atoms with Crippen molar-refractivity contribution in [1.29, 1.82) is 0 Å². The molecule has 0 aliphatic carbocycles. The normalized spacial score (nSPS) is 22.9. The lowest BCUT2D eigenvalue weighted by molar-refractivity contribution is -0.210. The molecule has 1 fully saturated rings. The van der Waals surface area contributed by atoms with Gasteiger partial charge in [0.15, 0.2) is 6.10 Å². The van der Waals surface area contributed by atoms with E-state index in [4.69, 9.17) is 23.7 Å². The molecule has 1 saturated heterocycles. The van der Waals surface area contributed by atoms with E-state index in [2.05, 4.69) is 4.18 Å². The van der Waals surface area contributed by atoms with Crippen molar-refractivity contribution in [3.63, 3.8) is 0 Å². The molecule has 0 N–H and O–H groups in total. The highest BCUT2D eigenvalue weighted by atomic mass is 32.2. The number of esters is 4. The summed E-state index contributed by atoms with van der Waals surface area (Å²) in [5.74, 6) is -3.72. The third kappa shape index (κ3) is 10.6. The fraction of sp³-hybridized carbons (Fsp3) is 0.852. The Morgan fingerprint density at radius 3 is 1.40 bits per heavy atom. The molecule has 0 radical (unpaired) electrons. The van der Waals surface area contributed by atoms with Crippen molar-refractivity contribution < 1.29 is 68.6 Å². The molecule has 0 aromatic carbocycles. The van der Waals surface area contributed by atoms with Crippen LogP contribution in [-0.4, -0.2) is 75.1 Å². The van der Waals surface area contributed by atoms with Crippen LogP contribution in [0.4, 0.5) is 13.2 Å². The lowest BCUT2D eigenvalue weighted by Gasteiger charge is -2.31. The molecular formula is C27H43F3O12S. The summed E-state index contributed by atoms with van der Waals surface area (Å²) in [7, 11) is -6.35. The zero-order valence-corrected chi connectivity index (χ0v) is 27.4. The average molecular weight is 649 g/mol. The Hall–Kier alpha value is -2.46. The summed E-state index contributed by atoms with van der Waals surface area (Å²) in [6, 6.07) is 0. The van der Waals surface area contributed by atoms with Crippen LogP contribution in [0.5, 0.6) is 0 Å². The number of ether oxygens (including phenoxy) is 5. The van der Waals surface area contributed by atoms with Crippen LogP contribution >= 0.6 is 0 Å². The molecule has 5 atom stereocenters. The predicted octanol–water partition coefficient (Wildman–Crippen LogP) is 4.04. The van der Waals surface area contributed by atoms with Crippen LogP contribution in [0.25, 0.3) is 0 Å². The van der Waals surface area contributed by atoms with Gasteiger partial charge in [-0.05, 0) is 83.1 Å². The number of hydrogen-bond acceptors (Lipinski definition) is 12. The fourth-order valence-electron chi connectivity index (χ4n) is 2.95. The zero-order chi connectivity index (χ0) is 34.1. The van der Waals surface area contributed by atoms with Crippen LogP contribution in [-0.2, 0) is 57.2 Å². The number of halogens is 3. The number of rotatable bonds is 8. The molecule has 1 rings (SSSR count). The monoisotopic (exact) mass is 648 g/mol. The van der Waals surface area contributed by atoms with Gasteiger partial charge in [-0.1, -0.05) is 0 Å². The number of carbonyl (C=O) groups is 4. The molecule has 250 valence electrons. The molecule has 0 spiro atoms. The van der Waals surface area contributed by atoms with E-state index in [9.17, 15) is 40.8 Å². The third-order valence-corrected chi connectivity index (χ3v) is 6.71. The van der Waals surface area contributed by atoms with Crippen molar-refractivity contribution in [2.24, 2.45) is 21.7 Å². The summed E-state index contributed by atoms with van der Waals surface area (Å²) in [4.78, 5) is 51.2. The van der Waals surface area contributed by atoms with Gasteiger partial charge in [0.05, 0.1) is 21.7 Å². The summed E-state index contributed by atoms with van der Waals surface area (Å²) in [5, 5.41) is 0. The van der Waals surface area contributed by atoms with Crippen molar-refractivity contribution in [3.8, 4) is 0 Å². The lowest BCUT2D eigenvalue weighted by Crippen LogP contribution is -2.50. The molecule has 43 heavy (non-hydrogen) atoms. The van der Waals surface area contributed by atoms with Gasteiger partial charge in [-0.3, -0.25) is 23.4 Å². The van der Waals surface area contributed by atoms with Gasteiger partial charge in [0.1, 0.15) is 18.8 Å². The maximum Gasteiger partial charge on any atom is 0.523 e. The average Bonchev–Trinajstić information content (AvgIpc) is 3.09. The number of carbonyl (C=O) groups excluding carboxylic acids is 4. The number of hydrogen-bond donors (Lipinski definition) is 0. The Morgan fingerprint density at radius 2 is 1.02 bits per heavy atom. The molecule has 0 amide bonds. The van der Waals surface area contributed by atoms with Gasteiger partial charge >= 0.3 is 39.5 Å². The van der Waals surface area contributed by atoms with Crippen molar-refractivity contribution in [2.75, 3.05) is 6.61 Å². The van der Waals surface area contributed by atoms with Crippen molar-refractivity contribution in [3.05, 3.63) is 0 Å². The van der Waals surface area contributed by atoms with Crippen LogP contribution in [0.15, 0.2) is 0 Å². The quantitative estimate of drug-likeness (QED) is 0.161. The largest absolute Gasteiger partial charge is 0.523 e. The van der Waals surface area contributed by atoms with Crippen molar-refractivity contribution in [1.82, 2.24) is 0 Å². The highest BCUT2D eigenvalue weighted by molar-refractivity contribution is 7.87. The summed E-state index contributed by atoms with van der Waals surface area (Å²) in [5.41, 5.74) is -10.6. The molecule has 0 aromatic heterocycles. The Bertz CT molecular complexity index is 1150. The van der Waals surface area contributed by atoms with Crippen LogP contribution in [0, 0.1) is 21.7 Å². The summed E-state index contributed by atoms with van der Waals surface area (Å²) in [6.45, 7) is 16.3. The Morgan fingerprint density at radius 1 is 0.651 bits per heavy atom. The number of alkyl halides is 3. The first-order valence-electron chi connectivity index (χ1n) is 13.3. The Balaban J connectivity index is 3.82. The maximum atomic E-state index is 13.4. The van der Waals surface area contributed by atoms with Gasteiger partial charge in [-0.25, -0.2) is 0 Å². The predicted molar refractivity (Wildman–Crippen MR) is 143 cm³/mol. The fourth-order valence-corrected chi connectivity index (χ4v) is 3.55. The van der Waals surface area contributed by atoms with Crippen molar-refractivity contribution >= 4 is 34.0 Å². The van der Waals surface area contributed by atoms with E-state index in [0.717, 1.165) is 0 Å². The summed E-state index contributed by atoms with van der Waals surface area (Å²) >= 11 is 0. The zero-order valence-electron chi connectivity index (χ0n) is 26.5. The van der Waals surface area contributed by atoms with E-state index >= 15 is 0 Å². The highest BCUT2D eigenvalue weighted by Crippen LogP contribution is 2.37. The van der Waals surface area contributed by atoms with E-state index in [1.807, 2.05) is 0 Å². The lowest BCUT2D eigenvalue weighted by atomic mass is 9.95. The first kappa shape index (κ1) is 38.6. The SMILES string of the molecule is CC(C)(C)C(=O)OC[C@@H](OS(=O)(=O)C(F)(F)F)[C@@H]1O[C@@H](OC(=O)C(C)(C)C)[C@H](OC(=O)C(C)(C)C)[C@H]1OC(=O)C(C)(C)C. The second-order valence-corrected chi connectivity index (χ2v) is 15.8. The second kappa shape index (κ2) is 12.9. The standard InChI is InChI=1S/C27H43F3O12S/c1-23(2,3)19(31)37-13-14(42-43(35,36)27(28,29)30)15-16(39-20(32)24(4,5)6)17(40-21(33)25(7,8)9)18(38-15)41-22(34)26(10,11)12/h14-18H,13H2,1-12H3/t14-,15+,16+,17-,18+/m1/s1. The minimum atomic E-state index is -6.35. The molecular weight excluding hydrogens is 605 g/mol. The minimum Gasteiger partial charge on any atom is -0.462 e. The van der Waals surface area contributed by atoms with Crippen LogP contribution in [0.3, 0.4) is 0 Å². The minimum absolute atomic E-state index is 0.907. The molecule has 0 aromatic rings. The van der Waals surface area contributed by atoms with E-state index in [1.54, 1.807) is 0 Å². The summed E-state index contributed by atoms with van der Waals surface area (Å²) in [6.07, 6.45) is -9.93. The molecule has 1 aliphatic rings.